The Labute approximate surface area is 154 Å². The van der Waals surface area contributed by atoms with E-state index in [-0.39, 0.29) is 40.0 Å². The van der Waals surface area contributed by atoms with E-state index < -0.39 is 21.8 Å². The molecule has 0 atom stereocenters. The number of anilines is 1. The fraction of sp³-hybridized carbons (Fsp3) is 0.188. The van der Waals surface area contributed by atoms with Crippen molar-refractivity contribution in [2.75, 3.05) is 10.8 Å². The first kappa shape index (κ1) is 19.5. The van der Waals surface area contributed by atoms with Gasteiger partial charge in [-0.1, -0.05) is 29.3 Å². The van der Waals surface area contributed by atoms with Gasteiger partial charge in [-0.3, -0.25) is 9.10 Å². The minimum absolute atomic E-state index is 0.0529. The molecule has 0 aliphatic heterocycles. The first-order valence-electron chi connectivity index (χ1n) is 7.17. The molecule has 0 heterocycles. The Morgan fingerprint density at radius 2 is 1.64 bits per heavy atom. The van der Waals surface area contributed by atoms with Gasteiger partial charge in [-0.05, 0) is 42.8 Å². The highest BCUT2D eigenvalue weighted by molar-refractivity contribution is 7.92. The van der Waals surface area contributed by atoms with Gasteiger partial charge in [0.2, 0.25) is 0 Å². The predicted octanol–water partition coefficient (Wildman–Crippen LogP) is 4.19. The predicted molar refractivity (Wildman–Crippen MR) is 94.3 cm³/mol. The van der Waals surface area contributed by atoms with E-state index in [0.29, 0.717) is 0 Å². The minimum Gasteiger partial charge on any atom is -0.481 e. The molecule has 134 valence electrons. The van der Waals surface area contributed by atoms with Crippen LogP contribution in [0.15, 0.2) is 47.4 Å². The quantitative estimate of drug-likeness (QED) is 0.748. The second kappa shape index (κ2) is 8.03. The number of sulfonamides is 1. The van der Waals surface area contributed by atoms with Crippen molar-refractivity contribution < 1.29 is 22.7 Å². The van der Waals surface area contributed by atoms with E-state index >= 15 is 0 Å². The van der Waals surface area contributed by atoms with Crippen LogP contribution < -0.4 is 4.31 Å². The molecule has 0 aromatic heterocycles. The zero-order chi connectivity index (χ0) is 18.6. The van der Waals surface area contributed by atoms with Gasteiger partial charge in [-0.25, -0.2) is 12.8 Å². The van der Waals surface area contributed by atoms with E-state index in [4.69, 9.17) is 28.3 Å². The molecule has 0 saturated heterocycles. The van der Waals surface area contributed by atoms with E-state index in [2.05, 4.69) is 0 Å². The van der Waals surface area contributed by atoms with Crippen molar-refractivity contribution in [3.8, 4) is 0 Å². The third-order valence-electron chi connectivity index (χ3n) is 3.34. The molecule has 0 fully saturated rings. The molecular weight excluding hydrogens is 392 g/mol. The summed E-state index contributed by atoms with van der Waals surface area (Å²) in [5.74, 6) is -1.63. The van der Waals surface area contributed by atoms with Crippen molar-refractivity contribution >= 4 is 44.9 Å². The topological polar surface area (TPSA) is 74.7 Å². The molecule has 0 bridgehead atoms. The molecule has 2 rings (SSSR count). The van der Waals surface area contributed by atoms with E-state index in [1.54, 1.807) is 6.07 Å². The number of carboxylic acids is 1. The summed E-state index contributed by atoms with van der Waals surface area (Å²) in [6.07, 6.45) is -0.172. The van der Waals surface area contributed by atoms with E-state index in [1.807, 2.05) is 0 Å². The van der Waals surface area contributed by atoms with Crippen molar-refractivity contribution in [3.05, 3.63) is 58.3 Å². The van der Waals surface area contributed by atoms with Crippen molar-refractivity contribution in [1.82, 2.24) is 0 Å². The number of carboxylic acid groups (broad SMARTS) is 1. The highest BCUT2D eigenvalue weighted by atomic mass is 35.5. The number of benzene rings is 2. The van der Waals surface area contributed by atoms with E-state index in [0.717, 1.165) is 28.6 Å². The van der Waals surface area contributed by atoms with Gasteiger partial charge in [-0.15, -0.1) is 0 Å². The molecular formula is C16H14Cl2FNO4S. The highest BCUT2D eigenvalue weighted by Crippen LogP contribution is 2.37. The molecule has 5 nitrogen and oxygen atoms in total. The molecule has 0 amide bonds. The second-order valence-electron chi connectivity index (χ2n) is 5.10. The molecule has 0 aliphatic carbocycles. The van der Waals surface area contributed by atoms with Crippen LogP contribution in [-0.2, 0) is 14.8 Å². The zero-order valence-electron chi connectivity index (χ0n) is 12.8. The summed E-state index contributed by atoms with van der Waals surface area (Å²) in [6, 6.07) is 8.82. The van der Waals surface area contributed by atoms with Crippen LogP contribution in [0.4, 0.5) is 10.1 Å². The average Bonchev–Trinajstić information content (AvgIpc) is 2.53. The minimum atomic E-state index is -4.11. The molecule has 2 aromatic rings. The lowest BCUT2D eigenvalue weighted by atomic mass is 10.3. The Morgan fingerprint density at radius 1 is 1.08 bits per heavy atom. The van der Waals surface area contributed by atoms with Gasteiger partial charge in [-0.2, -0.15) is 0 Å². The van der Waals surface area contributed by atoms with Gasteiger partial charge >= 0.3 is 5.97 Å². The van der Waals surface area contributed by atoms with Crippen LogP contribution in [0.3, 0.4) is 0 Å². The number of aliphatic carboxylic acids is 1. The van der Waals surface area contributed by atoms with Crippen molar-refractivity contribution in [1.29, 1.82) is 0 Å². The molecule has 0 radical (unpaired) electrons. The third-order valence-corrected chi connectivity index (χ3v) is 5.76. The van der Waals surface area contributed by atoms with Gasteiger partial charge in [0.25, 0.3) is 10.0 Å². The van der Waals surface area contributed by atoms with Crippen molar-refractivity contribution in [3.63, 3.8) is 0 Å². The molecule has 0 aliphatic rings. The molecule has 9 heteroatoms. The van der Waals surface area contributed by atoms with Crippen LogP contribution in [0, 0.1) is 5.82 Å². The summed E-state index contributed by atoms with van der Waals surface area (Å²) in [4.78, 5) is 10.6. The number of halogens is 3. The largest absolute Gasteiger partial charge is 0.481 e. The molecule has 1 N–H and O–H groups in total. The Morgan fingerprint density at radius 3 is 2.16 bits per heavy atom. The van der Waals surface area contributed by atoms with Crippen LogP contribution in [0.2, 0.25) is 10.0 Å². The number of rotatable bonds is 7. The Balaban J connectivity index is 2.50. The van der Waals surface area contributed by atoms with Crippen LogP contribution in [0.25, 0.3) is 0 Å². The van der Waals surface area contributed by atoms with Crippen LogP contribution in [0.1, 0.15) is 12.8 Å². The maximum absolute atomic E-state index is 13.1. The summed E-state index contributed by atoms with van der Waals surface area (Å²) in [6.45, 7) is -0.143. The fourth-order valence-electron chi connectivity index (χ4n) is 2.19. The summed E-state index contributed by atoms with van der Waals surface area (Å²) in [5.41, 5.74) is 0.0561. The van der Waals surface area contributed by atoms with Crippen molar-refractivity contribution in [2.45, 2.75) is 17.7 Å². The van der Waals surface area contributed by atoms with Gasteiger partial charge < -0.3 is 5.11 Å². The lowest BCUT2D eigenvalue weighted by Crippen LogP contribution is -2.33. The summed E-state index contributed by atoms with van der Waals surface area (Å²) in [7, 11) is -4.11. The summed E-state index contributed by atoms with van der Waals surface area (Å²) in [5, 5.41) is 9.00. The van der Waals surface area contributed by atoms with E-state index in [9.17, 15) is 17.6 Å². The van der Waals surface area contributed by atoms with Crippen LogP contribution >= 0.6 is 23.2 Å². The number of hydrogen-bond donors (Lipinski definition) is 1. The third kappa shape index (κ3) is 4.62. The normalized spacial score (nSPS) is 11.3. The highest BCUT2D eigenvalue weighted by Gasteiger charge is 2.28. The lowest BCUT2D eigenvalue weighted by Gasteiger charge is -2.26. The van der Waals surface area contributed by atoms with E-state index in [1.165, 1.54) is 12.1 Å². The number of para-hydroxylation sites is 1. The smallest absolute Gasteiger partial charge is 0.303 e. The Bertz CT molecular complexity index is 852. The molecule has 0 saturated carbocycles. The lowest BCUT2D eigenvalue weighted by molar-refractivity contribution is -0.137. The first-order chi connectivity index (χ1) is 11.7. The monoisotopic (exact) mass is 405 g/mol. The maximum Gasteiger partial charge on any atom is 0.303 e. The Hall–Kier alpha value is -1.83. The standard InChI is InChI=1S/C16H14Cl2FNO4S/c17-13-3-1-4-14(18)16(13)20(10-2-5-15(21)22)25(23,24)12-8-6-11(19)7-9-12/h1,3-4,6-9H,2,5,10H2,(H,21,22). The van der Waals surface area contributed by atoms with Gasteiger partial charge in [0, 0.05) is 13.0 Å². The maximum atomic E-state index is 13.1. The summed E-state index contributed by atoms with van der Waals surface area (Å²) >= 11 is 12.2. The molecule has 0 unspecified atom stereocenters. The van der Waals surface area contributed by atoms with Crippen LogP contribution in [0.5, 0.6) is 0 Å². The van der Waals surface area contributed by atoms with Crippen molar-refractivity contribution in [2.24, 2.45) is 0 Å². The Kier molecular flexibility index (Phi) is 6.26. The van der Waals surface area contributed by atoms with Gasteiger partial charge in [0.15, 0.2) is 0 Å². The summed E-state index contributed by atoms with van der Waals surface area (Å²) < 4.78 is 40.0. The van der Waals surface area contributed by atoms with Crippen LogP contribution in [-0.4, -0.2) is 26.0 Å². The number of carbonyl (C=O) groups is 1. The molecule has 25 heavy (non-hydrogen) atoms. The number of hydrogen-bond acceptors (Lipinski definition) is 3. The van der Waals surface area contributed by atoms with Gasteiger partial charge in [0.1, 0.15) is 5.82 Å². The zero-order valence-corrected chi connectivity index (χ0v) is 15.2. The van der Waals surface area contributed by atoms with Gasteiger partial charge in [0.05, 0.1) is 20.6 Å². The fourth-order valence-corrected chi connectivity index (χ4v) is 4.43. The SMILES string of the molecule is O=C(O)CCCN(c1c(Cl)cccc1Cl)S(=O)(=O)c1ccc(F)cc1. The first-order valence-corrected chi connectivity index (χ1v) is 9.37. The second-order valence-corrected chi connectivity index (χ2v) is 7.78. The average molecular weight is 406 g/mol. The number of nitrogens with zero attached hydrogens (tertiary/aromatic N) is 1. The molecule has 0 spiro atoms. The molecule has 2 aromatic carbocycles.